The lowest BCUT2D eigenvalue weighted by Gasteiger charge is -2.14. The molecule has 0 saturated heterocycles. The second-order valence-electron chi connectivity index (χ2n) is 4.17. The smallest absolute Gasteiger partial charge is 0.0410 e. The molecule has 2 aromatic rings. The van der Waals surface area contributed by atoms with E-state index < -0.39 is 0 Å². The van der Waals surface area contributed by atoms with Crippen molar-refractivity contribution in [2.24, 2.45) is 0 Å². The van der Waals surface area contributed by atoms with Gasteiger partial charge >= 0.3 is 0 Å². The first-order valence-electron chi connectivity index (χ1n) is 5.73. The Hall–Kier alpha value is -0.900. The summed E-state index contributed by atoms with van der Waals surface area (Å²) in [6.07, 6.45) is 3.65. The zero-order chi connectivity index (χ0) is 13.0. The Balaban J connectivity index is 1.98. The largest absolute Gasteiger partial charge is 0.306 e. The molecule has 1 heterocycles. The summed E-state index contributed by atoms with van der Waals surface area (Å²) in [6.45, 7) is 2.90. The van der Waals surface area contributed by atoms with Crippen molar-refractivity contribution in [3.05, 3.63) is 63.3 Å². The van der Waals surface area contributed by atoms with Crippen LogP contribution in [0.2, 0.25) is 5.02 Å². The van der Waals surface area contributed by atoms with Crippen LogP contribution in [0.1, 0.15) is 24.1 Å². The fourth-order valence-corrected chi connectivity index (χ4v) is 2.33. The molecule has 0 aliphatic rings. The predicted molar refractivity (Wildman–Crippen MR) is 78.6 cm³/mol. The number of nitrogens with zero attached hydrogens (tertiary/aromatic N) is 1. The SMILES string of the molecule is C[C@@H](NCc1cncc(Br)c1)c1cccc(Cl)c1. The molecule has 94 valence electrons. The number of hydrogen-bond donors (Lipinski definition) is 1. The molecule has 0 spiro atoms. The number of benzene rings is 1. The highest BCUT2D eigenvalue weighted by molar-refractivity contribution is 9.10. The highest BCUT2D eigenvalue weighted by atomic mass is 79.9. The molecule has 2 rings (SSSR count). The zero-order valence-electron chi connectivity index (χ0n) is 10.0. The third-order valence-electron chi connectivity index (χ3n) is 2.72. The molecular formula is C14H14BrClN2. The standard InChI is InChI=1S/C14H14BrClN2/c1-10(12-3-2-4-14(16)6-12)18-8-11-5-13(15)9-17-7-11/h2-7,9-10,18H,8H2,1H3/t10-/m1/s1. The van der Waals surface area contributed by atoms with Crippen molar-refractivity contribution in [2.75, 3.05) is 0 Å². The van der Waals surface area contributed by atoms with Crippen LogP contribution in [-0.4, -0.2) is 4.98 Å². The molecular weight excluding hydrogens is 312 g/mol. The minimum absolute atomic E-state index is 0.252. The van der Waals surface area contributed by atoms with E-state index in [0.717, 1.165) is 21.6 Å². The summed E-state index contributed by atoms with van der Waals surface area (Å²) in [4.78, 5) is 4.14. The summed E-state index contributed by atoms with van der Waals surface area (Å²) in [6, 6.07) is 10.2. The Morgan fingerprint density at radius 2 is 2.17 bits per heavy atom. The summed E-state index contributed by atoms with van der Waals surface area (Å²) in [5.74, 6) is 0. The number of pyridine rings is 1. The molecule has 1 N–H and O–H groups in total. The van der Waals surface area contributed by atoms with E-state index in [1.54, 1.807) is 6.20 Å². The molecule has 0 radical (unpaired) electrons. The van der Waals surface area contributed by atoms with Crippen molar-refractivity contribution in [1.29, 1.82) is 0 Å². The van der Waals surface area contributed by atoms with E-state index in [0.29, 0.717) is 0 Å². The van der Waals surface area contributed by atoms with Crippen LogP contribution >= 0.6 is 27.5 Å². The maximum Gasteiger partial charge on any atom is 0.0410 e. The third-order valence-corrected chi connectivity index (χ3v) is 3.39. The summed E-state index contributed by atoms with van der Waals surface area (Å²) in [7, 11) is 0. The summed E-state index contributed by atoms with van der Waals surface area (Å²) in [5, 5.41) is 4.22. The van der Waals surface area contributed by atoms with Gasteiger partial charge < -0.3 is 5.32 Å². The average molecular weight is 326 g/mol. The molecule has 0 saturated carbocycles. The molecule has 0 bridgehead atoms. The molecule has 4 heteroatoms. The van der Waals surface area contributed by atoms with Gasteiger partial charge in [-0.15, -0.1) is 0 Å². The Bertz CT molecular complexity index is 531. The van der Waals surface area contributed by atoms with Gasteiger partial charge in [0, 0.05) is 34.5 Å². The van der Waals surface area contributed by atoms with Gasteiger partial charge in [0.2, 0.25) is 0 Å². The van der Waals surface area contributed by atoms with Gasteiger partial charge in [-0.3, -0.25) is 4.98 Å². The van der Waals surface area contributed by atoms with Gasteiger partial charge in [-0.05, 0) is 52.2 Å². The van der Waals surface area contributed by atoms with Crippen LogP contribution in [0, 0.1) is 0 Å². The van der Waals surface area contributed by atoms with Crippen LogP contribution in [0.15, 0.2) is 47.2 Å². The summed E-state index contributed by atoms with van der Waals surface area (Å²) >= 11 is 9.40. The maximum absolute atomic E-state index is 5.98. The van der Waals surface area contributed by atoms with E-state index >= 15 is 0 Å². The fourth-order valence-electron chi connectivity index (χ4n) is 1.72. The van der Waals surface area contributed by atoms with Crippen LogP contribution in [-0.2, 0) is 6.54 Å². The summed E-state index contributed by atoms with van der Waals surface area (Å²) in [5.41, 5.74) is 2.34. The highest BCUT2D eigenvalue weighted by Gasteiger charge is 2.05. The van der Waals surface area contributed by atoms with Gasteiger partial charge in [0.1, 0.15) is 0 Å². The van der Waals surface area contributed by atoms with Crippen LogP contribution in [0.3, 0.4) is 0 Å². The molecule has 1 aromatic carbocycles. The first kappa shape index (κ1) is 13.5. The summed E-state index contributed by atoms with van der Waals surface area (Å²) < 4.78 is 0.997. The van der Waals surface area contributed by atoms with E-state index in [-0.39, 0.29) is 6.04 Å². The molecule has 0 aliphatic carbocycles. The van der Waals surface area contributed by atoms with Crippen LogP contribution in [0.5, 0.6) is 0 Å². The molecule has 0 unspecified atom stereocenters. The van der Waals surface area contributed by atoms with Gasteiger partial charge in [0.25, 0.3) is 0 Å². The second kappa shape index (κ2) is 6.32. The van der Waals surface area contributed by atoms with E-state index in [1.807, 2.05) is 24.4 Å². The molecule has 18 heavy (non-hydrogen) atoms. The monoisotopic (exact) mass is 324 g/mol. The van der Waals surface area contributed by atoms with E-state index in [9.17, 15) is 0 Å². The number of aromatic nitrogens is 1. The third kappa shape index (κ3) is 3.80. The van der Waals surface area contributed by atoms with Crippen molar-refractivity contribution in [2.45, 2.75) is 19.5 Å². The Kier molecular flexibility index (Phi) is 4.75. The Morgan fingerprint density at radius 3 is 2.89 bits per heavy atom. The molecule has 0 amide bonds. The van der Waals surface area contributed by atoms with E-state index in [1.165, 1.54) is 5.56 Å². The van der Waals surface area contributed by atoms with Crippen LogP contribution in [0.4, 0.5) is 0 Å². The van der Waals surface area contributed by atoms with Gasteiger partial charge in [0.05, 0.1) is 0 Å². The highest BCUT2D eigenvalue weighted by Crippen LogP contribution is 2.18. The van der Waals surface area contributed by atoms with Crippen molar-refractivity contribution >= 4 is 27.5 Å². The topological polar surface area (TPSA) is 24.9 Å². The fraction of sp³-hybridized carbons (Fsp3) is 0.214. The molecule has 0 aliphatic heterocycles. The number of hydrogen-bond acceptors (Lipinski definition) is 2. The van der Waals surface area contributed by atoms with Crippen molar-refractivity contribution in [1.82, 2.24) is 10.3 Å². The quantitative estimate of drug-likeness (QED) is 0.904. The van der Waals surface area contributed by atoms with Crippen molar-refractivity contribution in [3.8, 4) is 0 Å². The number of halogens is 2. The molecule has 1 aromatic heterocycles. The molecule has 1 atom stereocenters. The van der Waals surface area contributed by atoms with E-state index in [4.69, 9.17) is 11.6 Å². The van der Waals surface area contributed by atoms with Gasteiger partial charge in [-0.25, -0.2) is 0 Å². The predicted octanol–water partition coefficient (Wildman–Crippen LogP) is 4.35. The molecule has 2 nitrogen and oxygen atoms in total. The lowest BCUT2D eigenvalue weighted by molar-refractivity contribution is 0.574. The Labute approximate surface area is 121 Å². The lowest BCUT2D eigenvalue weighted by Crippen LogP contribution is -2.18. The van der Waals surface area contributed by atoms with Crippen molar-refractivity contribution < 1.29 is 0 Å². The van der Waals surface area contributed by atoms with Gasteiger partial charge in [-0.1, -0.05) is 23.7 Å². The van der Waals surface area contributed by atoms with Crippen LogP contribution in [0.25, 0.3) is 0 Å². The van der Waals surface area contributed by atoms with Crippen LogP contribution < -0.4 is 5.32 Å². The van der Waals surface area contributed by atoms with Gasteiger partial charge in [-0.2, -0.15) is 0 Å². The lowest BCUT2D eigenvalue weighted by atomic mass is 10.1. The minimum atomic E-state index is 0.252. The number of nitrogens with one attached hydrogen (secondary N) is 1. The normalized spacial score (nSPS) is 12.4. The van der Waals surface area contributed by atoms with Gasteiger partial charge in [0.15, 0.2) is 0 Å². The zero-order valence-corrected chi connectivity index (χ0v) is 12.4. The average Bonchev–Trinajstić information content (AvgIpc) is 2.36. The minimum Gasteiger partial charge on any atom is -0.306 e. The second-order valence-corrected chi connectivity index (χ2v) is 5.52. The van der Waals surface area contributed by atoms with E-state index in [2.05, 4.69) is 45.3 Å². The number of rotatable bonds is 4. The first-order valence-corrected chi connectivity index (χ1v) is 6.90. The Morgan fingerprint density at radius 1 is 1.33 bits per heavy atom. The van der Waals surface area contributed by atoms with Crippen molar-refractivity contribution in [3.63, 3.8) is 0 Å². The molecule has 0 fully saturated rings. The maximum atomic E-state index is 5.98. The first-order chi connectivity index (χ1) is 8.65.